The van der Waals surface area contributed by atoms with Crippen LogP contribution in [0.15, 0.2) is 97.1 Å². The van der Waals surface area contributed by atoms with Crippen LogP contribution < -0.4 is 65.1 Å². The van der Waals surface area contributed by atoms with Gasteiger partial charge in [0.1, 0.15) is 53.8 Å². The molecule has 452 valence electrons. The standard InChI is InChI=1S/C56H71ClN12O13S2/c1-30(70)48-56(82)68-46(54(80)64-42(49(60)75)24-34-10-18-38(72)19-11-34)29-84-83-28-45(67-50(76)40(59)23-32-6-14-36(57)15-7-32)55(81)66-44(26-35-12-20-39(73)21-13-35)53(79)65-43(52(78)63-41(51(77)69-48)5-3-4-22-58)25-33-8-16-37(17-9-33)62-47(74)27-61-31(2)71/h6-21,30,40-46,48,70,72-73H,3-5,22-29,58-59H2,1-2H3,(H2,60,75)(H,61,71)(H,62,74)(H,63,78)(H,64,80)(H,65,79)(H,66,81)(H,67,76)(H,68,82)(H,69,77)/t30-,40+,41+,42-,43-,44+,45-,46+,48+/m1/s1. The maximum atomic E-state index is 14.8. The Bertz CT molecular complexity index is 2930. The molecule has 1 saturated heterocycles. The van der Waals surface area contributed by atoms with Crippen LogP contribution in [0.1, 0.15) is 55.4 Å². The van der Waals surface area contributed by atoms with Gasteiger partial charge in [0, 0.05) is 48.4 Å². The van der Waals surface area contributed by atoms with Crippen LogP contribution in [-0.2, 0) is 73.6 Å². The number of aliphatic hydroxyl groups excluding tert-OH is 1. The molecule has 1 aliphatic heterocycles. The van der Waals surface area contributed by atoms with E-state index in [-0.39, 0.29) is 74.6 Å². The zero-order valence-electron chi connectivity index (χ0n) is 46.1. The van der Waals surface area contributed by atoms with E-state index in [4.69, 9.17) is 28.8 Å². The molecular formula is C56H71ClN12O13S2. The van der Waals surface area contributed by atoms with Gasteiger partial charge in [0.05, 0.1) is 18.7 Å². The summed E-state index contributed by atoms with van der Waals surface area (Å²) >= 11 is 6.08. The lowest BCUT2D eigenvalue weighted by Crippen LogP contribution is -2.62. The third kappa shape index (κ3) is 22.3. The Labute approximate surface area is 497 Å². The number of rotatable bonds is 21. The van der Waals surface area contributed by atoms with Gasteiger partial charge in [-0.1, -0.05) is 81.7 Å². The molecule has 0 aromatic heterocycles. The highest BCUT2D eigenvalue weighted by Gasteiger charge is 2.36. The number of aliphatic hydroxyl groups is 1. The fourth-order valence-electron chi connectivity index (χ4n) is 8.36. The average Bonchev–Trinajstić information content (AvgIpc) is 3.54. The van der Waals surface area contributed by atoms with Crippen molar-refractivity contribution >= 4 is 97.9 Å². The third-order valence-electron chi connectivity index (χ3n) is 13.0. The van der Waals surface area contributed by atoms with Crippen LogP contribution in [0.25, 0.3) is 0 Å². The molecule has 0 unspecified atom stereocenters. The van der Waals surface area contributed by atoms with Gasteiger partial charge >= 0.3 is 0 Å². The molecule has 84 heavy (non-hydrogen) atoms. The van der Waals surface area contributed by atoms with Crippen molar-refractivity contribution in [1.29, 1.82) is 0 Å². The zero-order chi connectivity index (χ0) is 61.5. The van der Waals surface area contributed by atoms with Crippen LogP contribution in [0, 0.1) is 0 Å². The van der Waals surface area contributed by atoms with Crippen molar-refractivity contribution in [2.24, 2.45) is 17.2 Å². The predicted octanol–water partition coefficient (Wildman–Crippen LogP) is -0.793. The van der Waals surface area contributed by atoms with E-state index >= 15 is 0 Å². The fourth-order valence-corrected chi connectivity index (χ4v) is 10.8. The molecule has 9 atom stereocenters. The number of unbranched alkanes of at least 4 members (excludes halogenated alkanes) is 1. The molecule has 1 heterocycles. The van der Waals surface area contributed by atoms with E-state index in [1.807, 2.05) is 0 Å². The number of phenols is 2. The van der Waals surface area contributed by atoms with Crippen LogP contribution >= 0.6 is 33.2 Å². The third-order valence-corrected chi connectivity index (χ3v) is 15.7. The number of carbonyl (C=O) groups is 10. The molecule has 0 saturated carbocycles. The molecular weight excluding hydrogens is 1150 g/mol. The minimum absolute atomic E-state index is 0.0157. The van der Waals surface area contributed by atoms with Crippen molar-refractivity contribution in [3.05, 3.63) is 124 Å². The van der Waals surface area contributed by atoms with Gasteiger partial charge in [-0.05, 0) is 110 Å². The summed E-state index contributed by atoms with van der Waals surface area (Å²) in [6.07, 6.45) is -1.67. The highest BCUT2D eigenvalue weighted by molar-refractivity contribution is 8.76. The lowest BCUT2D eigenvalue weighted by Gasteiger charge is -2.29. The summed E-state index contributed by atoms with van der Waals surface area (Å²) in [6.45, 7) is 2.35. The first-order chi connectivity index (χ1) is 40.0. The molecule has 18 N–H and O–H groups in total. The zero-order valence-corrected chi connectivity index (χ0v) is 48.5. The molecule has 1 fully saturated rings. The first-order valence-electron chi connectivity index (χ1n) is 26.7. The molecule has 4 aromatic carbocycles. The second-order valence-electron chi connectivity index (χ2n) is 19.9. The quantitative estimate of drug-likeness (QED) is 0.0359. The summed E-state index contributed by atoms with van der Waals surface area (Å²) in [6, 6.07) is 12.3. The highest BCUT2D eigenvalue weighted by atomic mass is 35.5. The van der Waals surface area contributed by atoms with Gasteiger partial charge in [0.15, 0.2) is 0 Å². The number of anilines is 1. The van der Waals surface area contributed by atoms with Gasteiger partial charge in [-0.25, -0.2) is 0 Å². The molecule has 28 heteroatoms. The van der Waals surface area contributed by atoms with Crippen molar-refractivity contribution in [2.45, 2.75) is 113 Å². The molecule has 0 bridgehead atoms. The number of primary amides is 1. The number of benzene rings is 4. The number of halogens is 1. The lowest BCUT2D eigenvalue weighted by atomic mass is 10.0. The predicted molar refractivity (Wildman–Crippen MR) is 316 cm³/mol. The fraction of sp³-hybridized carbons (Fsp3) is 0.393. The number of aromatic hydroxyl groups is 2. The molecule has 0 radical (unpaired) electrons. The van der Waals surface area contributed by atoms with Crippen molar-refractivity contribution in [2.75, 3.05) is 29.9 Å². The lowest BCUT2D eigenvalue weighted by molar-refractivity contribution is -0.136. The number of nitrogens with one attached hydrogen (secondary N) is 9. The highest BCUT2D eigenvalue weighted by Crippen LogP contribution is 2.25. The summed E-state index contributed by atoms with van der Waals surface area (Å²) in [5.74, 6) is -9.12. The summed E-state index contributed by atoms with van der Waals surface area (Å²) in [5.41, 5.74) is 20.3. The number of amides is 10. The molecule has 5 rings (SSSR count). The van der Waals surface area contributed by atoms with E-state index < -0.39 is 114 Å². The van der Waals surface area contributed by atoms with Gasteiger partial charge < -0.3 is 80.4 Å². The van der Waals surface area contributed by atoms with Crippen molar-refractivity contribution < 1.29 is 63.3 Å². The average molecular weight is 1220 g/mol. The smallest absolute Gasteiger partial charge is 0.245 e. The Morgan fingerprint density at radius 2 is 1.18 bits per heavy atom. The molecule has 10 amide bonds. The molecule has 0 aliphatic carbocycles. The molecule has 25 nitrogen and oxygen atoms in total. The normalized spacial score (nSPS) is 20.4. The number of carbonyl (C=O) groups excluding carboxylic acids is 10. The van der Waals surface area contributed by atoms with Crippen molar-refractivity contribution in [3.8, 4) is 11.5 Å². The Hall–Kier alpha value is -7.95. The van der Waals surface area contributed by atoms with E-state index in [1.54, 1.807) is 36.4 Å². The SMILES string of the molecule is CC(=O)NCC(=O)Nc1ccc(C[C@H]2NC(=O)[C@H](Cc3ccc(O)cc3)NC(=O)[C@H](NC(=O)[C@@H](N)Cc3ccc(Cl)cc3)CSSC[C@@H](C(=O)N[C@H](Cc3ccc(O)cc3)C(N)=O)NC(=O)[C@H]([C@@H](C)O)NC(=O)[C@H](CCCCN)NC2=O)cc1. The van der Waals surface area contributed by atoms with Gasteiger partial charge in [-0.15, -0.1) is 0 Å². The summed E-state index contributed by atoms with van der Waals surface area (Å²) in [7, 11) is 1.89. The Morgan fingerprint density at radius 3 is 1.74 bits per heavy atom. The number of nitrogens with two attached hydrogens (primary N) is 3. The van der Waals surface area contributed by atoms with Crippen LogP contribution in [-0.4, -0.2) is 153 Å². The summed E-state index contributed by atoms with van der Waals surface area (Å²) in [4.78, 5) is 138. The first kappa shape index (κ1) is 66.8. The van der Waals surface area contributed by atoms with Crippen LogP contribution in [0.5, 0.6) is 11.5 Å². The topological polar surface area (TPSA) is 418 Å². The van der Waals surface area contributed by atoms with Crippen molar-refractivity contribution in [3.63, 3.8) is 0 Å². The second-order valence-corrected chi connectivity index (χ2v) is 22.9. The Morgan fingerprint density at radius 1 is 0.667 bits per heavy atom. The van der Waals surface area contributed by atoms with E-state index in [0.717, 1.165) is 21.6 Å². The Kier molecular flexibility index (Phi) is 26.6. The van der Waals surface area contributed by atoms with Crippen LogP contribution in [0.3, 0.4) is 0 Å². The van der Waals surface area contributed by atoms with Crippen molar-refractivity contribution in [1.82, 2.24) is 42.5 Å². The minimum Gasteiger partial charge on any atom is -0.508 e. The molecule has 0 spiro atoms. The largest absolute Gasteiger partial charge is 0.508 e. The van der Waals surface area contributed by atoms with Crippen LogP contribution in [0.2, 0.25) is 5.02 Å². The molecule has 4 aromatic rings. The van der Waals surface area contributed by atoms with E-state index in [9.17, 15) is 63.3 Å². The maximum absolute atomic E-state index is 14.8. The Balaban J connectivity index is 1.57. The number of phenolic OH excluding ortho intramolecular Hbond substituents is 2. The summed E-state index contributed by atoms with van der Waals surface area (Å²) in [5, 5.41) is 54.9. The van der Waals surface area contributed by atoms with Crippen LogP contribution in [0.4, 0.5) is 5.69 Å². The van der Waals surface area contributed by atoms with E-state index in [1.165, 1.54) is 74.5 Å². The summed E-state index contributed by atoms with van der Waals surface area (Å²) < 4.78 is 0. The minimum atomic E-state index is -1.78. The first-order valence-corrected chi connectivity index (χ1v) is 29.6. The van der Waals surface area contributed by atoms with E-state index in [2.05, 4.69) is 47.9 Å². The maximum Gasteiger partial charge on any atom is 0.245 e. The number of hydrogen-bond donors (Lipinski definition) is 15. The van der Waals surface area contributed by atoms with Gasteiger partial charge in [0.2, 0.25) is 59.1 Å². The molecule has 1 aliphatic rings. The van der Waals surface area contributed by atoms with Gasteiger partial charge in [0.25, 0.3) is 0 Å². The van der Waals surface area contributed by atoms with E-state index in [0.29, 0.717) is 39.4 Å². The second kappa shape index (κ2) is 33.4. The number of hydrogen-bond acceptors (Lipinski definition) is 17. The van der Waals surface area contributed by atoms with Gasteiger partial charge in [-0.3, -0.25) is 47.9 Å². The monoisotopic (exact) mass is 1220 g/mol. The van der Waals surface area contributed by atoms with Gasteiger partial charge in [-0.2, -0.15) is 0 Å².